The van der Waals surface area contributed by atoms with E-state index in [1.54, 1.807) is 12.1 Å². The number of para-hydroxylation sites is 1. The number of amides is 1. The van der Waals surface area contributed by atoms with Gasteiger partial charge in [-0.25, -0.2) is 4.39 Å². The molecule has 2 aromatic rings. The standard InChI is InChI=1S/C18H15F4NO2/c1-25-16-5-3-2-4-11(16)12-9-13(12)17(24)23-15-8-10(18(20,21)22)6-7-14(15)19/h2-8,12-13H,9H2,1H3,(H,23,24). The van der Waals surface area contributed by atoms with Crippen LogP contribution in [-0.2, 0) is 11.0 Å². The van der Waals surface area contributed by atoms with Crippen molar-refractivity contribution in [2.24, 2.45) is 5.92 Å². The van der Waals surface area contributed by atoms with Crippen molar-refractivity contribution >= 4 is 11.6 Å². The molecule has 0 bridgehead atoms. The summed E-state index contributed by atoms with van der Waals surface area (Å²) in [5.74, 6) is -1.28. The van der Waals surface area contributed by atoms with Gasteiger partial charge in [0.05, 0.1) is 18.4 Å². The first-order chi connectivity index (χ1) is 11.8. The molecule has 3 nitrogen and oxygen atoms in total. The number of methoxy groups -OCH3 is 1. The second-order valence-corrected chi connectivity index (χ2v) is 5.87. The van der Waals surface area contributed by atoms with Gasteiger partial charge in [0.1, 0.15) is 11.6 Å². The fourth-order valence-corrected chi connectivity index (χ4v) is 2.82. The van der Waals surface area contributed by atoms with Crippen molar-refractivity contribution in [3.63, 3.8) is 0 Å². The topological polar surface area (TPSA) is 38.3 Å². The van der Waals surface area contributed by atoms with E-state index in [0.29, 0.717) is 30.4 Å². The van der Waals surface area contributed by atoms with E-state index in [1.807, 2.05) is 12.1 Å². The minimum Gasteiger partial charge on any atom is -0.496 e. The maximum atomic E-state index is 13.7. The van der Waals surface area contributed by atoms with Gasteiger partial charge in [0.25, 0.3) is 0 Å². The number of rotatable bonds is 4. The summed E-state index contributed by atoms with van der Waals surface area (Å²) in [5.41, 5.74) is -0.624. The van der Waals surface area contributed by atoms with Crippen molar-refractivity contribution in [3.8, 4) is 5.75 Å². The van der Waals surface area contributed by atoms with Crippen LogP contribution in [0.5, 0.6) is 5.75 Å². The highest BCUT2D eigenvalue weighted by Crippen LogP contribution is 2.50. The molecule has 1 aliphatic rings. The highest BCUT2D eigenvalue weighted by molar-refractivity contribution is 5.95. The number of hydrogen-bond donors (Lipinski definition) is 1. The van der Waals surface area contributed by atoms with Gasteiger partial charge < -0.3 is 10.1 Å². The van der Waals surface area contributed by atoms with Gasteiger partial charge in [-0.15, -0.1) is 0 Å². The summed E-state index contributed by atoms with van der Waals surface area (Å²) < 4.78 is 57.2. The highest BCUT2D eigenvalue weighted by atomic mass is 19.4. The molecule has 0 heterocycles. The van der Waals surface area contributed by atoms with Gasteiger partial charge >= 0.3 is 6.18 Å². The van der Waals surface area contributed by atoms with Crippen LogP contribution in [0.25, 0.3) is 0 Å². The minimum atomic E-state index is -4.60. The first kappa shape index (κ1) is 17.3. The van der Waals surface area contributed by atoms with Crippen LogP contribution in [0, 0.1) is 11.7 Å². The van der Waals surface area contributed by atoms with Crippen molar-refractivity contribution in [1.29, 1.82) is 0 Å². The molecular formula is C18H15F4NO2. The fourth-order valence-electron chi connectivity index (χ4n) is 2.82. The molecule has 1 amide bonds. The Hall–Kier alpha value is -2.57. The van der Waals surface area contributed by atoms with Gasteiger partial charge in [0.2, 0.25) is 5.91 Å². The van der Waals surface area contributed by atoms with E-state index in [0.717, 1.165) is 5.56 Å². The molecule has 3 rings (SSSR count). The van der Waals surface area contributed by atoms with E-state index in [-0.39, 0.29) is 5.92 Å². The number of carbonyl (C=O) groups is 1. The Morgan fingerprint density at radius 2 is 1.92 bits per heavy atom. The number of halogens is 4. The smallest absolute Gasteiger partial charge is 0.416 e. The van der Waals surface area contributed by atoms with Gasteiger partial charge in [-0.2, -0.15) is 13.2 Å². The minimum absolute atomic E-state index is 0.0926. The SMILES string of the molecule is COc1ccccc1C1CC1C(=O)Nc1cc(C(F)(F)F)ccc1F. The summed E-state index contributed by atoms with van der Waals surface area (Å²) >= 11 is 0. The Labute approximate surface area is 141 Å². The average molecular weight is 353 g/mol. The average Bonchev–Trinajstić information content (AvgIpc) is 3.36. The van der Waals surface area contributed by atoms with Crippen LogP contribution < -0.4 is 10.1 Å². The van der Waals surface area contributed by atoms with E-state index in [2.05, 4.69) is 5.32 Å². The quantitative estimate of drug-likeness (QED) is 0.816. The summed E-state index contributed by atoms with van der Waals surface area (Å²) in [5, 5.41) is 2.27. The van der Waals surface area contributed by atoms with E-state index in [9.17, 15) is 22.4 Å². The van der Waals surface area contributed by atoms with Crippen molar-refractivity contribution < 1.29 is 27.1 Å². The third-order valence-corrected chi connectivity index (χ3v) is 4.22. The summed E-state index contributed by atoms with van der Waals surface area (Å²) in [6.45, 7) is 0. The third kappa shape index (κ3) is 3.60. The number of carbonyl (C=O) groups excluding carboxylic acids is 1. The van der Waals surface area contributed by atoms with E-state index in [4.69, 9.17) is 4.74 Å². The Kier molecular flexibility index (Phi) is 4.41. The highest BCUT2D eigenvalue weighted by Gasteiger charge is 2.45. The monoisotopic (exact) mass is 353 g/mol. The number of anilines is 1. The maximum Gasteiger partial charge on any atom is 0.416 e. The summed E-state index contributed by atoms with van der Waals surface area (Å²) in [4.78, 5) is 12.3. The van der Waals surface area contributed by atoms with Crippen LogP contribution in [0.1, 0.15) is 23.5 Å². The summed E-state index contributed by atoms with van der Waals surface area (Å²) in [6.07, 6.45) is -4.07. The predicted octanol–water partition coefficient (Wildman–Crippen LogP) is 4.60. The van der Waals surface area contributed by atoms with Crippen LogP contribution in [0.2, 0.25) is 0 Å². The number of ether oxygens (including phenoxy) is 1. The molecule has 1 saturated carbocycles. The predicted molar refractivity (Wildman–Crippen MR) is 83.9 cm³/mol. The van der Waals surface area contributed by atoms with Crippen molar-refractivity contribution in [1.82, 2.24) is 0 Å². The second kappa shape index (κ2) is 6.38. The number of alkyl halides is 3. The third-order valence-electron chi connectivity index (χ3n) is 4.22. The van der Waals surface area contributed by atoms with Crippen molar-refractivity contribution in [2.45, 2.75) is 18.5 Å². The lowest BCUT2D eigenvalue weighted by Gasteiger charge is -2.11. The van der Waals surface area contributed by atoms with Crippen molar-refractivity contribution in [3.05, 3.63) is 59.4 Å². The first-order valence-electron chi connectivity index (χ1n) is 7.61. The Balaban J connectivity index is 1.74. The molecule has 0 saturated heterocycles. The molecule has 0 aliphatic heterocycles. The zero-order valence-electron chi connectivity index (χ0n) is 13.2. The van der Waals surface area contributed by atoms with Gasteiger partial charge in [0, 0.05) is 5.92 Å². The Morgan fingerprint density at radius 3 is 2.60 bits per heavy atom. The molecular weight excluding hydrogens is 338 g/mol. The molecule has 2 aromatic carbocycles. The Morgan fingerprint density at radius 1 is 1.20 bits per heavy atom. The molecule has 1 fully saturated rings. The van der Waals surface area contributed by atoms with Gasteiger partial charge in [0.15, 0.2) is 0 Å². The molecule has 1 N–H and O–H groups in total. The second-order valence-electron chi connectivity index (χ2n) is 5.87. The lowest BCUT2D eigenvalue weighted by atomic mass is 10.1. The molecule has 0 spiro atoms. The van der Waals surface area contributed by atoms with Crippen LogP contribution in [-0.4, -0.2) is 13.0 Å². The van der Waals surface area contributed by atoms with Crippen LogP contribution in [0.3, 0.4) is 0 Å². The molecule has 7 heteroatoms. The van der Waals surface area contributed by atoms with Crippen molar-refractivity contribution in [2.75, 3.05) is 12.4 Å². The summed E-state index contributed by atoms with van der Waals surface area (Å²) in [6, 6.07) is 9.17. The first-order valence-corrected chi connectivity index (χ1v) is 7.61. The van der Waals surface area contributed by atoms with Gasteiger partial charge in [-0.05, 0) is 42.2 Å². The zero-order chi connectivity index (χ0) is 18.2. The van der Waals surface area contributed by atoms with Gasteiger partial charge in [-0.3, -0.25) is 4.79 Å². The van der Waals surface area contributed by atoms with E-state index in [1.165, 1.54) is 7.11 Å². The number of benzene rings is 2. The van der Waals surface area contributed by atoms with Gasteiger partial charge in [-0.1, -0.05) is 18.2 Å². The largest absolute Gasteiger partial charge is 0.496 e. The lowest BCUT2D eigenvalue weighted by molar-refractivity contribution is -0.137. The number of nitrogens with one attached hydrogen (secondary N) is 1. The lowest BCUT2D eigenvalue weighted by Crippen LogP contribution is -2.16. The van der Waals surface area contributed by atoms with Crippen LogP contribution in [0.4, 0.5) is 23.2 Å². The summed E-state index contributed by atoms with van der Waals surface area (Å²) in [7, 11) is 1.52. The molecule has 0 radical (unpaired) electrons. The van der Waals surface area contributed by atoms with Crippen LogP contribution >= 0.6 is 0 Å². The molecule has 2 atom stereocenters. The molecule has 0 aromatic heterocycles. The Bertz CT molecular complexity index is 804. The fraction of sp³-hybridized carbons (Fsp3) is 0.278. The van der Waals surface area contributed by atoms with E-state index < -0.39 is 35.1 Å². The van der Waals surface area contributed by atoms with Crippen LogP contribution in [0.15, 0.2) is 42.5 Å². The maximum absolute atomic E-state index is 13.7. The van der Waals surface area contributed by atoms with E-state index >= 15 is 0 Å². The molecule has 1 aliphatic carbocycles. The molecule has 25 heavy (non-hydrogen) atoms. The molecule has 132 valence electrons. The normalized spacial score (nSPS) is 19.4. The zero-order valence-corrected chi connectivity index (χ0v) is 13.2. The molecule has 2 unspecified atom stereocenters. The number of hydrogen-bond acceptors (Lipinski definition) is 2.